The number of rotatable bonds is 7. The first-order valence-electron chi connectivity index (χ1n) is 5.04. The highest BCUT2D eigenvalue weighted by Crippen LogP contribution is 1.99. The van der Waals surface area contributed by atoms with E-state index < -0.39 is 0 Å². The fourth-order valence-corrected chi connectivity index (χ4v) is 1.61. The van der Waals surface area contributed by atoms with E-state index in [0.29, 0.717) is 18.5 Å². The Morgan fingerprint density at radius 1 is 1.60 bits per heavy atom. The Bertz CT molecular complexity index is 250. The van der Waals surface area contributed by atoms with Gasteiger partial charge in [-0.15, -0.1) is 11.6 Å². The van der Waals surface area contributed by atoms with Crippen molar-refractivity contribution in [2.45, 2.75) is 19.0 Å². The first kappa shape index (κ1) is 12.4. The number of hydrogen-bond acceptors (Lipinski definition) is 3. The van der Waals surface area contributed by atoms with Crippen molar-refractivity contribution in [3.05, 3.63) is 30.1 Å². The lowest BCUT2D eigenvalue weighted by Crippen LogP contribution is -2.33. The zero-order valence-corrected chi connectivity index (χ0v) is 9.70. The molecule has 1 aromatic rings. The molecule has 1 atom stereocenters. The Balaban J connectivity index is 2.33. The van der Waals surface area contributed by atoms with E-state index in [4.69, 9.17) is 16.3 Å². The average Bonchev–Trinajstić information content (AvgIpc) is 2.28. The number of nitrogens with zero attached hydrogens (tertiary/aromatic N) is 1. The molecule has 3 nitrogen and oxygen atoms in total. The third-order valence-corrected chi connectivity index (χ3v) is 2.36. The molecule has 1 aromatic heterocycles. The Kier molecular flexibility index (Phi) is 6.32. The van der Waals surface area contributed by atoms with E-state index >= 15 is 0 Å². The van der Waals surface area contributed by atoms with Crippen LogP contribution in [0.4, 0.5) is 0 Å². The molecule has 1 heterocycles. The molecule has 0 aliphatic heterocycles. The van der Waals surface area contributed by atoms with Crippen LogP contribution in [0.3, 0.4) is 0 Å². The molecule has 1 rings (SSSR count). The zero-order chi connectivity index (χ0) is 10.9. The third-order valence-electron chi connectivity index (χ3n) is 2.14. The summed E-state index contributed by atoms with van der Waals surface area (Å²) >= 11 is 5.71. The number of alkyl halides is 1. The molecule has 0 amide bonds. The van der Waals surface area contributed by atoms with Crippen LogP contribution in [-0.2, 0) is 11.3 Å². The van der Waals surface area contributed by atoms with Gasteiger partial charge >= 0.3 is 0 Å². The van der Waals surface area contributed by atoms with Gasteiger partial charge in [0.15, 0.2) is 0 Å². The minimum Gasteiger partial charge on any atom is -0.383 e. The van der Waals surface area contributed by atoms with Gasteiger partial charge in [0, 0.05) is 38.0 Å². The van der Waals surface area contributed by atoms with Crippen molar-refractivity contribution < 1.29 is 4.74 Å². The van der Waals surface area contributed by atoms with E-state index in [-0.39, 0.29) is 0 Å². The summed E-state index contributed by atoms with van der Waals surface area (Å²) < 4.78 is 5.11. The SMILES string of the molecule is COCC(CCCl)NCc1cccnc1. The number of ether oxygens (including phenoxy) is 1. The summed E-state index contributed by atoms with van der Waals surface area (Å²) in [4.78, 5) is 4.06. The Morgan fingerprint density at radius 3 is 3.07 bits per heavy atom. The number of hydrogen-bond donors (Lipinski definition) is 1. The molecule has 0 bridgehead atoms. The van der Waals surface area contributed by atoms with Gasteiger partial charge in [-0.2, -0.15) is 0 Å². The highest BCUT2D eigenvalue weighted by atomic mass is 35.5. The maximum atomic E-state index is 5.71. The molecule has 0 aliphatic carbocycles. The van der Waals surface area contributed by atoms with Crippen molar-refractivity contribution >= 4 is 11.6 Å². The standard InChI is InChI=1S/C11H17ClN2O/c1-15-9-11(4-5-12)14-8-10-3-2-6-13-7-10/h2-3,6-7,11,14H,4-5,8-9H2,1H3. The summed E-state index contributed by atoms with van der Waals surface area (Å²) in [7, 11) is 1.70. The lowest BCUT2D eigenvalue weighted by atomic mass is 10.2. The molecule has 0 aromatic carbocycles. The smallest absolute Gasteiger partial charge is 0.0616 e. The molecule has 0 fully saturated rings. The van der Waals surface area contributed by atoms with E-state index in [1.165, 1.54) is 5.56 Å². The van der Waals surface area contributed by atoms with Crippen LogP contribution >= 0.6 is 11.6 Å². The molecule has 84 valence electrons. The molecule has 4 heteroatoms. The predicted molar refractivity (Wildman–Crippen MR) is 62.1 cm³/mol. The molecular weight excluding hydrogens is 212 g/mol. The molecule has 15 heavy (non-hydrogen) atoms. The van der Waals surface area contributed by atoms with Crippen LogP contribution in [0.1, 0.15) is 12.0 Å². The summed E-state index contributed by atoms with van der Waals surface area (Å²) in [5.41, 5.74) is 1.17. The first-order chi connectivity index (χ1) is 7.36. The maximum Gasteiger partial charge on any atom is 0.0616 e. The van der Waals surface area contributed by atoms with Crippen LogP contribution in [0.15, 0.2) is 24.5 Å². The van der Waals surface area contributed by atoms with Crippen LogP contribution < -0.4 is 5.32 Å². The number of aromatic nitrogens is 1. The fraction of sp³-hybridized carbons (Fsp3) is 0.545. The number of pyridine rings is 1. The summed E-state index contributed by atoms with van der Waals surface area (Å²) in [6, 6.07) is 4.29. The van der Waals surface area contributed by atoms with Gasteiger partial charge in [-0.3, -0.25) is 4.98 Å². The average molecular weight is 229 g/mol. The largest absolute Gasteiger partial charge is 0.383 e. The zero-order valence-electron chi connectivity index (χ0n) is 8.95. The van der Waals surface area contributed by atoms with E-state index in [1.54, 1.807) is 13.3 Å². The van der Waals surface area contributed by atoms with Gasteiger partial charge in [0.05, 0.1) is 6.61 Å². The Morgan fingerprint density at radius 2 is 2.47 bits per heavy atom. The van der Waals surface area contributed by atoms with Crippen LogP contribution in [0.2, 0.25) is 0 Å². The Labute approximate surface area is 95.8 Å². The lowest BCUT2D eigenvalue weighted by Gasteiger charge is -2.16. The highest BCUT2D eigenvalue weighted by molar-refractivity contribution is 6.17. The van der Waals surface area contributed by atoms with Crippen molar-refractivity contribution in [1.82, 2.24) is 10.3 Å². The normalized spacial score (nSPS) is 12.7. The molecular formula is C11H17ClN2O. The first-order valence-corrected chi connectivity index (χ1v) is 5.57. The van der Waals surface area contributed by atoms with Crippen molar-refractivity contribution in [1.29, 1.82) is 0 Å². The van der Waals surface area contributed by atoms with Gasteiger partial charge < -0.3 is 10.1 Å². The highest BCUT2D eigenvalue weighted by Gasteiger charge is 2.06. The third kappa shape index (κ3) is 5.11. The van der Waals surface area contributed by atoms with Crippen LogP contribution in [0, 0.1) is 0 Å². The van der Waals surface area contributed by atoms with Crippen molar-refractivity contribution in [3.8, 4) is 0 Å². The summed E-state index contributed by atoms with van der Waals surface area (Å²) in [5.74, 6) is 0.647. The van der Waals surface area contributed by atoms with Gasteiger partial charge in [0.2, 0.25) is 0 Å². The van der Waals surface area contributed by atoms with Crippen molar-refractivity contribution in [2.75, 3.05) is 19.6 Å². The number of halogens is 1. The second kappa shape index (κ2) is 7.63. The van der Waals surface area contributed by atoms with E-state index in [9.17, 15) is 0 Å². The quantitative estimate of drug-likeness (QED) is 0.723. The topological polar surface area (TPSA) is 34.1 Å². The summed E-state index contributed by atoms with van der Waals surface area (Å²) in [6.45, 7) is 1.49. The predicted octanol–water partition coefficient (Wildman–Crippen LogP) is 1.82. The van der Waals surface area contributed by atoms with Crippen LogP contribution in [0.5, 0.6) is 0 Å². The van der Waals surface area contributed by atoms with Gasteiger partial charge in [0.25, 0.3) is 0 Å². The summed E-state index contributed by atoms with van der Waals surface area (Å²) in [6.07, 6.45) is 4.54. The lowest BCUT2D eigenvalue weighted by molar-refractivity contribution is 0.164. The molecule has 0 saturated carbocycles. The fourth-order valence-electron chi connectivity index (χ4n) is 1.34. The van der Waals surface area contributed by atoms with Gasteiger partial charge in [-0.05, 0) is 18.1 Å². The van der Waals surface area contributed by atoms with Crippen LogP contribution in [-0.4, -0.2) is 30.6 Å². The van der Waals surface area contributed by atoms with E-state index in [0.717, 1.165) is 13.0 Å². The monoisotopic (exact) mass is 228 g/mol. The molecule has 1 unspecified atom stereocenters. The minimum atomic E-state index is 0.313. The number of nitrogens with one attached hydrogen (secondary N) is 1. The van der Waals surface area contributed by atoms with E-state index in [1.807, 2.05) is 18.3 Å². The van der Waals surface area contributed by atoms with Crippen LogP contribution in [0.25, 0.3) is 0 Å². The van der Waals surface area contributed by atoms with Gasteiger partial charge in [-0.25, -0.2) is 0 Å². The Hall–Kier alpha value is -0.640. The molecule has 0 spiro atoms. The molecule has 0 saturated heterocycles. The number of methoxy groups -OCH3 is 1. The molecule has 0 aliphatic rings. The van der Waals surface area contributed by atoms with E-state index in [2.05, 4.69) is 10.3 Å². The van der Waals surface area contributed by atoms with Gasteiger partial charge in [-0.1, -0.05) is 6.07 Å². The van der Waals surface area contributed by atoms with Crippen molar-refractivity contribution in [2.24, 2.45) is 0 Å². The second-order valence-electron chi connectivity index (χ2n) is 3.37. The van der Waals surface area contributed by atoms with Crippen molar-refractivity contribution in [3.63, 3.8) is 0 Å². The molecule has 0 radical (unpaired) electrons. The minimum absolute atomic E-state index is 0.313. The maximum absolute atomic E-state index is 5.71. The second-order valence-corrected chi connectivity index (χ2v) is 3.75. The summed E-state index contributed by atoms with van der Waals surface area (Å²) in [5, 5.41) is 3.39. The van der Waals surface area contributed by atoms with Gasteiger partial charge in [0.1, 0.15) is 0 Å². The molecule has 1 N–H and O–H groups in total.